The Hall–Kier alpha value is -2.94. The molecule has 0 unspecified atom stereocenters. The van der Waals surface area contributed by atoms with E-state index in [1.807, 2.05) is 43.3 Å². The fourth-order valence-corrected chi connectivity index (χ4v) is 4.23. The summed E-state index contributed by atoms with van der Waals surface area (Å²) in [7, 11) is 3.89. The molecule has 3 aromatic rings. The van der Waals surface area contributed by atoms with Crippen molar-refractivity contribution in [3.05, 3.63) is 59.4 Å². The number of hydrogen-bond donors (Lipinski definition) is 2. The van der Waals surface area contributed by atoms with Gasteiger partial charge in [-0.25, -0.2) is 9.37 Å². The minimum Gasteiger partial charge on any atom is -0.362 e. The Balaban J connectivity index is 0.00000324. The highest BCUT2D eigenvalue weighted by atomic mass is 19.4. The fraction of sp³-hybridized carbons (Fsp3) is 0.440. The average Bonchev–Trinajstić information content (AvgIpc) is 2.78. The van der Waals surface area contributed by atoms with Crippen LogP contribution in [0.2, 0.25) is 0 Å². The van der Waals surface area contributed by atoms with Crippen molar-refractivity contribution >= 4 is 22.7 Å². The standard InChI is InChI=1S/C24H27F4N5.CH4/c1-33(2)22-19-5-3-4-6-21(19)31-23(32-22)30-18-10-8-17(9-11-18)29-14-15-13-16(24(26,27)28)7-12-20(15)25;/h3-7,12-13,17-18,29H,8-11,14H2,1-2H3,(H,30,31,32);1H4. The van der Waals surface area contributed by atoms with Gasteiger partial charge in [-0.2, -0.15) is 18.2 Å². The molecule has 0 saturated heterocycles. The fourth-order valence-electron chi connectivity index (χ4n) is 4.23. The smallest absolute Gasteiger partial charge is 0.362 e. The Labute approximate surface area is 197 Å². The van der Waals surface area contributed by atoms with Crippen LogP contribution in [0, 0.1) is 5.82 Å². The first-order valence-corrected chi connectivity index (χ1v) is 11.0. The van der Waals surface area contributed by atoms with E-state index in [0.29, 0.717) is 5.95 Å². The van der Waals surface area contributed by atoms with E-state index < -0.39 is 17.6 Å². The summed E-state index contributed by atoms with van der Waals surface area (Å²) >= 11 is 0. The van der Waals surface area contributed by atoms with Crippen molar-refractivity contribution in [3.63, 3.8) is 0 Å². The lowest BCUT2D eigenvalue weighted by Gasteiger charge is -2.30. The molecule has 0 spiro atoms. The molecule has 0 radical (unpaired) electrons. The second kappa shape index (κ2) is 10.5. The summed E-state index contributed by atoms with van der Waals surface area (Å²) in [6, 6.07) is 10.7. The topological polar surface area (TPSA) is 53.1 Å². The highest BCUT2D eigenvalue weighted by molar-refractivity contribution is 5.90. The normalized spacial score (nSPS) is 18.4. The summed E-state index contributed by atoms with van der Waals surface area (Å²) in [4.78, 5) is 11.3. The molecule has 1 aromatic heterocycles. The number of halogens is 4. The molecular formula is C25H31F4N5. The molecule has 1 aliphatic rings. The van der Waals surface area contributed by atoms with Crippen LogP contribution < -0.4 is 15.5 Å². The molecule has 1 saturated carbocycles. The van der Waals surface area contributed by atoms with Crippen LogP contribution in [0.3, 0.4) is 0 Å². The first-order chi connectivity index (χ1) is 15.7. The maximum Gasteiger partial charge on any atom is 0.416 e. The molecule has 1 fully saturated rings. The van der Waals surface area contributed by atoms with Crippen LogP contribution in [-0.4, -0.2) is 36.1 Å². The molecule has 184 valence electrons. The lowest BCUT2D eigenvalue weighted by Crippen LogP contribution is -2.37. The van der Waals surface area contributed by atoms with Crippen LogP contribution in [0.1, 0.15) is 44.2 Å². The Bertz CT molecular complexity index is 1110. The van der Waals surface area contributed by atoms with Gasteiger partial charge in [0, 0.05) is 43.7 Å². The Morgan fingerprint density at radius 3 is 2.32 bits per heavy atom. The van der Waals surface area contributed by atoms with E-state index in [1.54, 1.807) is 0 Å². The molecule has 9 heteroatoms. The van der Waals surface area contributed by atoms with Gasteiger partial charge in [0.1, 0.15) is 11.6 Å². The van der Waals surface area contributed by atoms with Crippen LogP contribution in [0.15, 0.2) is 42.5 Å². The van der Waals surface area contributed by atoms with Crippen LogP contribution in [-0.2, 0) is 12.7 Å². The van der Waals surface area contributed by atoms with Crippen molar-refractivity contribution < 1.29 is 17.6 Å². The Morgan fingerprint density at radius 2 is 1.65 bits per heavy atom. The number of nitrogens with one attached hydrogen (secondary N) is 2. The van der Waals surface area contributed by atoms with E-state index in [4.69, 9.17) is 0 Å². The van der Waals surface area contributed by atoms with Crippen LogP contribution in [0.5, 0.6) is 0 Å². The van der Waals surface area contributed by atoms with E-state index in [2.05, 4.69) is 20.6 Å². The Kier molecular flexibility index (Phi) is 7.97. The zero-order valence-corrected chi connectivity index (χ0v) is 18.6. The molecule has 2 N–H and O–H groups in total. The molecule has 0 amide bonds. The third kappa shape index (κ3) is 5.94. The zero-order valence-electron chi connectivity index (χ0n) is 18.6. The summed E-state index contributed by atoms with van der Waals surface area (Å²) in [5.74, 6) is 0.803. The van der Waals surface area contributed by atoms with Crippen molar-refractivity contribution in [2.75, 3.05) is 24.3 Å². The van der Waals surface area contributed by atoms with E-state index in [-0.39, 0.29) is 31.6 Å². The Morgan fingerprint density at radius 1 is 0.971 bits per heavy atom. The predicted molar refractivity (Wildman–Crippen MR) is 129 cm³/mol. The lowest BCUT2D eigenvalue weighted by atomic mass is 9.91. The number of rotatable bonds is 6. The number of nitrogens with zero attached hydrogens (tertiary/aromatic N) is 3. The molecule has 0 atom stereocenters. The van der Waals surface area contributed by atoms with E-state index in [0.717, 1.165) is 60.6 Å². The van der Waals surface area contributed by atoms with E-state index in [1.165, 1.54) is 0 Å². The van der Waals surface area contributed by atoms with Gasteiger partial charge in [-0.1, -0.05) is 19.6 Å². The third-order valence-electron chi connectivity index (χ3n) is 6.02. The van der Waals surface area contributed by atoms with Gasteiger partial charge in [0.2, 0.25) is 5.95 Å². The number of fused-ring (bicyclic) bond motifs is 1. The van der Waals surface area contributed by atoms with Gasteiger partial charge in [-0.3, -0.25) is 0 Å². The van der Waals surface area contributed by atoms with Gasteiger partial charge in [-0.15, -0.1) is 0 Å². The summed E-state index contributed by atoms with van der Waals surface area (Å²) in [6.45, 7) is 0.0680. The minimum absolute atomic E-state index is 0. The first kappa shape index (κ1) is 25.7. The second-order valence-corrected chi connectivity index (χ2v) is 8.66. The van der Waals surface area contributed by atoms with E-state index >= 15 is 0 Å². The van der Waals surface area contributed by atoms with E-state index in [9.17, 15) is 17.6 Å². The molecule has 5 nitrogen and oxygen atoms in total. The van der Waals surface area contributed by atoms with Gasteiger partial charge in [0.15, 0.2) is 0 Å². The molecule has 34 heavy (non-hydrogen) atoms. The van der Waals surface area contributed by atoms with Crippen molar-refractivity contribution in [3.8, 4) is 0 Å². The summed E-state index contributed by atoms with van der Waals surface area (Å²) < 4.78 is 52.7. The van der Waals surface area contributed by atoms with Gasteiger partial charge in [0.25, 0.3) is 0 Å². The monoisotopic (exact) mass is 477 g/mol. The molecule has 0 aliphatic heterocycles. The van der Waals surface area contributed by atoms with Crippen LogP contribution in [0.25, 0.3) is 10.9 Å². The van der Waals surface area contributed by atoms with Gasteiger partial charge >= 0.3 is 6.18 Å². The highest BCUT2D eigenvalue weighted by Crippen LogP contribution is 2.31. The van der Waals surface area contributed by atoms with Gasteiger partial charge < -0.3 is 15.5 Å². The van der Waals surface area contributed by atoms with Gasteiger partial charge in [-0.05, 0) is 56.0 Å². The summed E-state index contributed by atoms with van der Waals surface area (Å²) in [6.07, 6.45) is -1.12. The first-order valence-electron chi connectivity index (χ1n) is 11.0. The zero-order chi connectivity index (χ0) is 23.6. The third-order valence-corrected chi connectivity index (χ3v) is 6.02. The summed E-state index contributed by atoms with van der Waals surface area (Å²) in [5, 5.41) is 7.64. The number of anilines is 2. The number of benzene rings is 2. The maximum absolute atomic E-state index is 14.0. The summed E-state index contributed by atoms with van der Waals surface area (Å²) in [5.41, 5.74) is 0.0732. The number of aromatic nitrogens is 2. The average molecular weight is 478 g/mol. The second-order valence-electron chi connectivity index (χ2n) is 8.66. The number of alkyl halides is 3. The molecular weight excluding hydrogens is 446 g/mol. The molecule has 2 aromatic carbocycles. The molecule has 1 aliphatic carbocycles. The largest absolute Gasteiger partial charge is 0.416 e. The van der Waals surface area contributed by atoms with Crippen LogP contribution in [0.4, 0.5) is 29.3 Å². The lowest BCUT2D eigenvalue weighted by molar-refractivity contribution is -0.137. The van der Waals surface area contributed by atoms with Crippen molar-refractivity contribution in [2.24, 2.45) is 0 Å². The minimum atomic E-state index is -4.48. The van der Waals surface area contributed by atoms with Crippen molar-refractivity contribution in [1.82, 2.24) is 15.3 Å². The number of hydrogen-bond acceptors (Lipinski definition) is 5. The maximum atomic E-state index is 14.0. The predicted octanol–water partition coefficient (Wildman–Crippen LogP) is 6.00. The molecule has 4 rings (SSSR count). The van der Waals surface area contributed by atoms with Crippen molar-refractivity contribution in [2.45, 2.75) is 57.9 Å². The van der Waals surface area contributed by atoms with Crippen LogP contribution >= 0.6 is 0 Å². The quantitative estimate of drug-likeness (QED) is 0.427. The van der Waals surface area contributed by atoms with Crippen molar-refractivity contribution in [1.29, 1.82) is 0 Å². The number of para-hydroxylation sites is 1. The molecule has 0 bridgehead atoms. The molecule has 1 heterocycles. The highest BCUT2D eigenvalue weighted by Gasteiger charge is 2.31. The van der Waals surface area contributed by atoms with Gasteiger partial charge in [0.05, 0.1) is 11.1 Å². The SMILES string of the molecule is C.CN(C)c1nc(NC2CCC(NCc3cc(C(F)(F)F)ccc3F)CC2)nc2ccccc12.